The highest BCUT2D eigenvalue weighted by Gasteiger charge is 2.32. The minimum atomic E-state index is -0.283. The first-order valence-corrected chi connectivity index (χ1v) is 10.5. The molecule has 1 unspecified atom stereocenters. The predicted molar refractivity (Wildman–Crippen MR) is 102 cm³/mol. The molecule has 8 heteroatoms. The number of ether oxygens (including phenoxy) is 1. The van der Waals surface area contributed by atoms with E-state index in [1.54, 1.807) is 11.3 Å². The van der Waals surface area contributed by atoms with Crippen LogP contribution in [0.15, 0.2) is 17.5 Å². The fraction of sp³-hybridized carbons (Fsp3) is 0.500. The number of thiophene rings is 1. The third kappa shape index (κ3) is 3.41. The lowest BCUT2D eigenvalue weighted by Crippen LogP contribution is -2.52. The third-order valence-corrected chi connectivity index (χ3v) is 6.99. The van der Waals surface area contributed by atoms with Crippen LogP contribution in [0.3, 0.4) is 0 Å². The highest BCUT2D eigenvalue weighted by molar-refractivity contribution is 7.22. The van der Waals surface area contributed by atoms with Gasteiger partial charge in [0.15, 0.2) is 0 Å². The molecule has 0 bridgehead atoms. The zero-order chi connectivity index (χ0) is 18.1. The number of amides is 2. The summed E-state index contributed by atoms with van der Waals surface area (Å²) in [4.78, 5) is 35.3. The lowest BCUT2D eigenvalue weighted by atomic mass is 10.2. The molecule has 138 valence electrons. The van der Waals surface area contributed by atoms with E-state index in [1.165, 1.54) is 11.3 Å². The van der Waals surface area contributed by atoms with Gasteiger partial charge in [-0.1, -0.05) is 6.07 Å². The van der Waals surface area contributed by atoms with Crippen LogP contribution in [0.5, 0.6) is 0 Å². The van der Waals surface area contributed by atoms with Gasteiger partial charge < -0.3 is 14.5 Å². The van der Waals surface area contributed by atoms with Gasteiger partial charge in [0.2, 0.25) is 0 Å². The SMILES string of the molecule is Cc1nc(-c2cccs2)sc1C(=O)N1CCN(C(=O)C2CCCO2)CC1. The first kappa shape index (κ1) is 17.6. The second-order valence-electron chi connectivity index (χ2n) is 6.53. The van der Waals surface area contributed by atoms with Gasteiger partial charge in [0.25, 0.3) is 11.8 Å². The Labute approximate surface area is 160 Å². The van der Waals surface area contributed by atoms with Crippen LogP contribution in [0.4, 0.5) is 0 Å². The van der Waals surface area contributed by atoms with E-state index in [9.17, 15) is 9.59 Å². The number of thiazole rings is 1. The smallest absolute Gasteiger partial charge is 0.265 e. The number of aromatic nitrogens is 1. The first-order valence-electron chi connectivity index (χ1n) is 8.84. The van der Waals surface area contributed by atoms with Crippen molar-refractivity contribution in [1.29, 1.82) is 0 Å². The summed E-state index contributed by atoms with van der Waals surface area (Å²) in [6.45, 7) is 4.82. The van der Waals surface area contributed by atoms with Crippen molar-refractivity contribution >= 4 is 34.5 Å². The Balaban J connectivity index is 1.40. The lowest BCUT2D eigenvalue weighted by molar-refractivity contribution is -0.142. The van der Waals surface area contributed by atoms with Gasteiger partial charge in [0.05, 0.1) is 10.6 Å². The Morgan fingerprint density at radius 2 is 2.00 bits per heavy atom. The summed E-state index contributed by atoms with van der Waals surface area (Å²) in [6.07, 6.45) is 1.48. The molecule has 2 aliphatic heterocycles. The Hall–Kier alpha value is -1.77. The Kier molecular flexibility index (Phi) is 5.06. The maximum Gasteiger partial charge on any atom is 0.265 e. The molecule has 26 heavy (non-hydrogen) atoms. The van der Waals surface area contributed by atoms with Crippen molar-refractivity contribution in [3.05, 3.63) is 28.1 Å². The minimum absolute atomic E-state index is 0.0204. The molecule has 2 aliphatic rings. The third-order valence-electron chi connectivity index (χ3n) is 4.81. The summed E-state index contributed by atoms with van der Waals surface area (Å²) in [6, 6.07) is 4.01. The molecule has 0 N–H and O–H groups in total. The average molecular weight is 392 g/mol. The van der Waals surface area contributed by atoms with Crippen molar-refractivity contribution in [2.45, 2.75) is 25.9 Å². The number of rotatable bonds is 3. The normalized spacial score (nSPS) is 20.6. The predicted octanol–water partition coefficient (Wildman–Crippen LogP) is 2.64. The van der Waals surface area contributed by atoms with Crippen molar-refractivity contribution in [1.82, 2.24) is 14.8 Å². The maximum absolute atomic E-state index is 12.9. The summed E-state index contributed by atoms with van der Waals surface area (Å²) in [5.74, 6) is 0.0931. The number of carbonyl (C=O) groups is 2. The van der Waals surface area contributed by atoms with Gasteiger partial charge in [0, 0.05) is 32.8 Å². The molecule has 2 fully saturated rings. The van der Waals surface area contributed by atoms with Crippen LogP contribution in [-0.2, 0) is 9.53 Å². The van der Waals surface area contributed by atoms with E-state index in [-0.39, 0.29) is 17.9 Å². The molecule has 0 spiro atoms. The van der Waals surface area contributed by atoms with Gasteiger partial charge in [-0.25, -0.2) is 4.98 Å². The molecule has 1 atom stereocenters. The van der Waals surface area contributed by atoms with Gasteiger partial charge in [-0.2, -0.15) is 0 Å². The van der Waals surface area contributed by atoms with E-state index in [0.29, 0.717) is 37.7 Å². The standard InChI is InChI=1S/C18H21N3O3S2/c1-12-15(26-16(19-12)14-5-3-11-25-14)18(23)21-8-6-20(7-9-21)17(22)13-4-2-10-24-13/h3,5,11,13H,2,4,6-10H2,1H3. The number of nitrogens with zero attached hydrogens (tertiary/aromatic N) is 3. The number of hydrogen-bond acceptors (Lipinski definition) is 6. The van der Waals surface area contributed by atoms with E-state index < -0.39 is 0 Å². The van der Waals surface area contributed by atoms with Gasteiger partial charge in [-0.15, -0.1) is 22.7 Å². The van der Waals surface area contributed by atoms with Crippen LogP contribution >= 0.6 is 22.7 Å². The molecular formula is C18H21N3O3S2. The van der Waals surface area contributed by atoms with E-state index >= 15 is 0 Å². The topological polar surface area (TPSA) is 62.7 Å². The second-order valence-corrected chi connectivity index (χ2v) is 8.48. The van der Waals surface area contributed by atoms with Crippen molar-refractivity contribution < 1.29 is 14.3 Å². The molecule has 0 aliphatic carbocycles. The quantitative estimate of drug-likeness (QED) is 0.807. The summed E-state index contributed by atoms with van der Waals surface area (Å²) >= 11 is 3.08. The summed E-state index contributed by atoms with van der Waals surface area (Å²) in [5, 5.41) is 2.91. The van der Waals surface area contributed by atoms with E-state index in [1.807, 2.05) is 34.2 Å². The molecule has 4 rings (SSSR count). The van der Waals surface area contributed by atoms with Crippen molar-refractivity contribution in [2.75, 3.05) is 32.8 Å². The summed E-state index contributed by atoms with van der Waals surface area (Å²) in [7, 11) is 0. The van der Waals surface area contributed by atoms with Crippen LogP contribution in [0, 0.1) is 6.92 Å². The summed E-state index contributed by atoms with van der Waals surface area (Å²) < 4.78 is 5.49. The largest absolute Gasteiger partial charge is 0.368 e. The Bertz CT molecular complexity index is 789. The molecule has 0 aromatic carbocycles. The number of aryl methyl sites for hydroxylation is 1. The molecule has 4 heterocycles. The van der Waals surface area contributed by atoms with Crippen LogP contribution in [0.1, 0.15) is 28.2 Å². The highest BCUT2D eigenvalue weighted by Crippen LogP contribution is 2.31. The minimum Gasteiger partial charge on any atom is -0.368 e. The molecule has 6 nitrogen and oxygen atoms in total. The molecule has 0 saturated carbocycles. The Morgan fingerprint density at radius 1 is 1.23 bits per heavy atom. The van der Waals surface area contributed by atoms with Crippen molar-refractivity contribution in [2.24, 2.45) is 0 Å². The fourth-order valence-corrected chi connectivity index (χ4v) is 5.18. The number of piperazine rings is 1. The molecule has 2 amide bonds. The average Bonchev–Trinajstić information content (AvgIpc) is 3.41. The van der Waals surface area contributed by atoms with E-state index in [0.717, 1.165) is 28.4 Å². The molecular weight excluding hydrogens is 370 g/mol. The number of carbonyl (C=O) groups excluding carboxylic acids is 2. The highest BCUT2D eigenvalue weighted by atomic mass is 32.1. The number of hydrogen-bond donors (Lipinski definition) is 0. The van der Waals surface area contributed by atoms with Crippen LogP contribution in [-0.4, -0.2) is 65.5 Å². The van der Waals surface area contributed by atoms with Gasteiger partial charge in [0.1, 0.15) is 16.0 Å². The van der Waals surface area contributed by atoms with Gasteiger partial charge in [-0.05, 0) is 31.2 Å². The Morgan fingerprint density at radius 3 is 2.65 bits per heavy atom. The van der Waals surface area contributed by atoms with Crippen LogP contribution in [0.25, 0.3) is 9.88 Å². The zero-order valence-electron chi connectivity index (χ0n) is 14.6. The summed E-state index contributed by atoms with van der Waals surface area (Å²) in [5.41, 5.74) is 0.779. The van der Waals surface area contributed by atoms with Crippen LogP contribution in [0.2, 0.25) is 0 Å². The fourth-order valence-electron chi connectivity index (χ4n) is 3.35. The molecule has 2 aromatic heterocycles. The molecule has 0 radical (unpaired) electrons. The van der Waals surface area contributed by atoms with Crippen LogP contribution < -0.4 is 0 Å². The van der Waals surface area contributed by atoms with E-state index in [4.69, 9.17) is 4.74 Å². The first-order chi connectivity index (χ1) is 12.6. The van der Waals surface area contributed by atoms with Gasteiger partial charge in [-0.3, -0.25) is 9.59 Å². The van der Waals surface area contributed by atoms with E-state index in [2.05, 4.69) is 4.98 Å². The molecule has 2 aromatic rings. The monoisotopic (exact) mass is 391 g/mol. The van der Waals surface area contributed by atoms with Crippen molar-refractivity contribution in [3.63, 3.8) is 0 Å². The molecule has 2 saturated heterocycles. The van der Waals surface area contributed by atoms with Gasteiger partial charge >= 0.3 is 0 Å². The maximum atomic E-state index is 12.9. The lowest BCUT2D eigenvalue weighted by Gasteiger charge is -2.35. The zero-order valence-corrected chi connectivity index (χ0v) is 16.3. The second kappa shape index (κ2) is 7.46. The van der Waals surface area contributed by atoms with Crippen molar-refractivity contribution in [3.8, 4) is 9.88 Å².